The van der Waals surface area contributed by atoms with Gasteiger partial charge in [-0.1, -0.05) is 48.5 Å². The molecule has 0 spiro atoms. The molecule has 0 atom stereocenters. The minimum absolute atomic E-state index is 0.217. The molecule has 5 aromatic carbocycles. The van der Waals surface area contributed by atoms with E-state index in [-0.39, 0.29) is 5.82 Å². The SMILES string of the molecule is Fc1cc2c3cc4c(cc3n3c5cccc6c7ccccc7n(c(c1)c23)c65)[nH]c1ccccc14. The molecule has 0 saturated heterocycles. The number of hydrogen-bond acceptors (Lipinski definition) is 0. The van der Waals surface area contributed by atoms with Gasteiger partial charge in [0.05, 0.1) is 33.1 Å². The molecule has 0 aliphatic heterocycles. The summed E-state index contributed by atoms with van der Waals surface area (Å²) < 4.78 is 19.8. The van der Waals surface area contributed by atoms with Gasteiger partial charge in [-0.2, -0.15) is 0 Å². The van der Waals surface area contributed by atoms with E-state index in [4.69, 9.17) is 0 Å². The van der Waals surface area contributed by atoms with Crippen molar-refractivity contribution in [3.63, 3.8) is 0 Å². The topological polar surface area (TPSA) is 24.6 Å². The Morgan fingerprint density at radius 3 is 2.15 bits per heavy atom. The predicted octanol–water partition coefficient (Wildman–Crippen LogP) is 8.02. The number of aromatic amines is 1. The van der Waals surface area contributed by atoms with Crippen LogP contribution in [0.2, 0.25) is 0 Å². The molecule has 4 heteroatoms. The average molecular weight is 437 g/mol. The predicted molar refractivity (Wildman–Crippen MR) is 139 cm³/mol. The molecule has 9 rings (SSSR count). The second-order valence-corrected chi connectivity index (χ2v) is 9.27. The van der Waals surface area contributed by atoms with E-state index in [9.17, 15) is 0 Å². The number of nitrogens with zero attached hydrogens (tertiary/aromatic N) is 2. The van der Waals surface area contributed by atoms with Gasteiger partial charge in [0.25, 0.3) is 0 Å². The van der Waals surface area contributed by atoms with Gasteiger partial charge < -0.3 is 13.8 Å². The van der Waals surface area contributed by atoms with Crippen LogP contribution in [0.25, 0.3) is 76.5 Å². The maximum Gasteiger partial charge on any atom is 0.126 e. The Labute approximate surface area is 191 Å². The van der Waals surface area contributed by atoms with Crippen LogP contribution in [-0.2, 0) is 0 Å². The number of benzene rings is 5. The summed E-state index contributed by atoms with van der Waals surface area (Å²) in [5.74, 6) is -0.217. The standard InChI is InChI=1S/C30H16FN3/c31-16-12-22-21-14-20-17-6-1-3-9-23(17)32-24(20)15-27(21)34-26-11-5-8-19-18-7-2-4-10-25(18)33(29(19)26)28(13-16)30(22)34/h1-15,32H. The van der Waals surface area contributed by atoms with Crippen LogP contribution < -0.4 is 0 Å². The maximum absolute atomic E-state index is 15.2. The highest BCUT2D eigenvalue weighted by atomic mass is 19.1. The second-order valence-electron chi connectivity index (χ2n) is 9.27. The van der Waals surface area contributed by atoms with E-state index in [2.05, 4.69) is 86.6 Å². The largest absolute Gasteiger partial charge is 0.354 e. The lowest BCUT2D eigenvalue weighted by molar-refractivity contribution is 0.630. The first-order chi connectivity index (χ1) is 16.8. The van der Waals surface area contributed by atoms with Crippen LogP contribution in [0.5, 0.6) is 0 Å². The van der Waals surface area contributed by atoms with Crippen molar-refractivity contribution in [2.45, 2.75) is 0 Å². The zero-order chi connectivity index (χ0) is 22.1. The fourth-order valence-corrected chi connectivity index (χ4v) is 6.28. The summed E-state index contributed by atoms with van der Waals surface area (Å²) in [7, 11) is 0. The summed E-state index contributed by atoms with van der Waals surface area (Å²) in [6.45, 7) is 0. The number of aromatic nitrogens is 3. The number of fused-ring (bicyclic) bond motifs is 11. The van der Waals surface area contributed by atoms with Crippen LogP contribution in [0.4, 0.5) is 4.39 Å². The highest BCUT2D eigenvalue weighted by molar-refractivity contribution is 6.24. The van der Waals surface area contributed by atoms with E-state index in [1.54, 1.807) is 12.1 Å². The summed E-state index contributed by atoms with van der Waals surface area (Å²) in [5, 5.41) is 6.73. The van der Waals surface area contributed by atoms with Crippen molar-refractivity contribution < 1.29 is 4.39 Å². The Morgan fingerprint density at radius 2 is 1.21 bits per heavy atom. The lowest BCUT2D eigenvalue weighted by Crippen LogP contribution is -1.97. The van der Waals surface area contributed by atoms with Gasteiger partial charge in [0.1, 0.15) is 5.82 Å². The summed E-state index contributed by atoms with van der Waals surface area (Å²) >= 11 is 0. The van der Waals surface area contributed by atoms with E-state index >= 15 is 4.39 Å². The zero-order valence-corrected chi connectivity index (χ0v) is 17.9. The van der Waals surface area contributed by atoms with Crippen LogP contribution in [0, 0.1) is 5.82 Å². The normalized spacial score (nSPS) is 12.9. The Hall–Kier alpha value is -4.57. The Kier molecular flexibility index (Phi) is 2.74. The first kappa shape index (κ1) is 17.0. The molecule has 0 bridgehead atoms. The van der Waals surface area contributed by atoms with E-state index in [0.29, 0.717) is 0 Å². The summed E-state index contributed by atoms with van der Waals surface area (Å²) in [6, 6.07) is 31.1. The molecule has 34 heavy (non-hydrogen) atoms. The van der Waals surface area contributed by atoms with Crippen LogP contribution in [0.15, 0.2) is 91.0 Å². The lowest BCUT2D eigenvalue weighted by Gasteiger charge is -2.11. The molecular formula is C30H16FN3. The lowest BCUT2D eigenvalue weighted by atomic mass is 10.1. The molecule has 0 aliphatic rings. The van der Waals surface area contributed by atoms with Crippen molar-refractivity contribution in [2.24, 2.45) is 0 Å². The molecule has 3 nitrogen and oxygen atoms in total. The van der Waals surface area contributed by atoms with Crippen LogP contribution in [0.1, 0.15) is 0 Å². The number of rotatable bonds is 0. The molecule has 0 unspecified atom stereocenters. The number of H-pyrrole nitrogens is 1. The van der Waals surface area contributed by atoms with E-state index < -0.39 is 0 Å². The average Bonchev–Trinajstić information content (AvgIpc) is 3.50. The fraction of sp³-hybridized carbons (Fsp3) is 0. The van der Waals surface area contributed by atoms with Gasteiger partial charge in [0, 0.05) is 49.4 Å². The Morgan fingerprint density at radius 1 is 0.471 bits per heavy atom. The highest BCUT2D eigenvalue weighted by Crippen LogP contribution is 2.42. The molecule has 0 saturated carbocycles. The van der Waals surface area contributed by atoms with Gasteiger partial charge in [-0.15, -0.1) is 0 Å². The first-order valence-corrected chi connectivity index (χ1v) is 11.5. The molecular weight excluding hydrogens is 421 g/mol. The van der Waals surface area contributed by atoms with Gasteiger partial charge in [0.15, 0.2) is 0 Å². The van der Waals surface area contributed by atoms with Crippen LogP contribution >= 0.6 is 0 Å². The van der Waals surface area contributed by atoms with Crippen molar-refractivity contribution in [2.75, 3.05) is 0 Å². The summed E-state index contributed by atoms with van der Waals surface area (Å²) in [4.78, 5) is 3.58. The van der Waals surface area contributed by atoms with Gasteiger partial charge in [-0.05, 0) is 36.4 Å². The second kappa shape index (κ2) is 5.49. The molecule has 0 radical (unpaired) electrons. The quantitative estimate of drug-likeness (QED) is 0.232. The molecule has 0 amide bonds. The summed E-state index contributed by atoms with van der Waals surface area (Å²) in [5.41, 5.74) is 8.59. The van der Waals surface area contributed by atoms with E-state index in [1.165, 1.54) is 16.2 Å². The fourth-order valence-electron chi connectivity index (χ4n) is 6.28. The van der Waals surface area contributed by atoms with Crippen molar-refractivity contribution in [1.29, 1.82) is 0 Å². The minimum Gasteiger partial charge on any atom is -0.354 e. The smallest absolute Gasteiger partial charge is 0.126 e. The number of para-hydroxylation sites is 3. The maximum atomic E-state index is 15.2. The van der Waals surface area contributed by atoms with Gasteiger partial charge >= 0.3 is 0 Å². The molecule has 0 fully saturated rings. The molecule has 1 N–H and O–H groups in total. The monoisotopic (exact) mass is 437 g/mol. The Balaban J connectivity index is 1.66. The number of hydrogen-bond donors (Lipinski definition) is 1. The minimum atomic E-state index is -0.217. The van der Waals surface area contributed by atoms with Gasteiger partial charge in [-0.25, -0.2) is 4.39 Å². The zero-order valence-electron chi connectivity index (χ0n) is 17.9. The highest BCUT2D eigenvalue weighted by Gasteiger charge is 2.22. The van der Waals surface area contributed by atoms with Crippen LogP contribution in [-0.4, -0.2) is 13.8 Å². The van der Waals surface area contributed by atoms with E-state index in [1.807, 2.05) is 6.07 Å². The third-order valence-electron chi connectivity index (χ3n) is 7.59. The van der Waals surface area contributed by atoms with Crippen molar-refractivity contribution in [3.05, 3.63) is 96.8 Å². The third kappa shape index (κ3) is 1.79. The third-order valence-corrected chi connectivity index (χ3v) is 7.59. The van der Waals surface area contributed by atoms with Crippen molar-refractivity contribution in [3.8, 4) is 0 Å². The molecule has 4 heterocycles. The van der Waals surface area contributed by atoms with Gasteiger partial charge in [-0.3, -0.25) is 0 Å². The number of nitrogens with one attached hydrogen (secondary N) is 1. The van der Waals surface area contributed by atoms with Gasteiger partial charge in [0.2, 0.25) is 0 Å². The first-order valence-electron chi connectivity index (χ1n) is 11.5. The summed E-state index contributed by atoms with van der Waals surface area (Å²) in [6.07, 6.45) is 0. The molecule has 4 aromatic heterocycles. The van der Waals surface area contributed by atoms with Crippen molar-refractivity contribution >= 4 is 76.5 Å². The van der Waals surface area contributed by atoms with E-state index in [0.717, 1.165) is 60.3 Å². The van der Waals surface area contributed by atoms with Crippen molar-refractivity contribution in [1.82, 2.24) is 13.8 Å². The molecule has 0 aliphatic carbocycles. The Bertz CT molecular complexity index is 2290. The molecule has 9 aromatic rings. The molecule has 158 valence electrons. The van der Waals surface area contributed by atoms with Crippen LogP contribution in [0.3, 0.4) is 0 Å². The number of halogens is 1.